The molecule has 150 valence electrons. The molecule has 5 nitrogen and oxygen atoms in total. The summed E-state index contributed by atoms with van der Waals surface area (Å²) in [5, 5.41) is 6.61. The van der Waals surface area contributed by atoms with E-state index in [4.69, 9.17) is 23.2 Å². The number of para-hydroxylation sites is 1. The number of nitrogens with one attached hydrogen (secondary N) is 2. The van der Waals surface area contributed by atoms with E-state index >= 15 is 0 Å². The lowest BCUT2D eigenvalue weighted by Gasteiger charge is -2.27. The van der Waals surface area contributed by atoms with Gasteiger partial charge in [-0.15, -0.1) is 0 Å². The van der Waals surface area contributed by atoms with Crippen molar-refractivity contribution < 1.29 is 9.59 Å². The summed E-state index contributed by atoms with van der Waals surface area (Å²) in [7, 11) is 0. The number of nitrogens with zero attached hydrogens (tertiary/aromatic N) is 1. The van der Waals surface area contributed by atoms with Gasteiger partial charge in [-0.3, -0.25) is 14.5 Å². The number of halogens is 2. The number of hydrogen-bond acceptors (Lipinski definition) is 3. The molecule has 1 atom stereocenters. The van der Waals surface area contributed by atoms with Crippen LogP contribution in [0.5, 0.6) is 0 Å². The average Bonchev–Trinajstić information content (AvgIpc) is 2.68. The average molecular weight is 422 g/mol. The molecule has 2 aromatic rings. The van der Waals surface area contributed by atoms with Gasteiger partial charge < -0.3 is 10.6 Å². The number of rotatable bonds is 9. The molecule has 0 saturated heterocycles. The molecule has 0 radical (unpaired) electrons. The van der Waals surface area contributed by atoms with Gasteiger partial charge in [0, 0.05) is 23.7 Å². The van der Waals surface area contributed by atoms with Crippen LogP contribution in [0.4, 0.5) is 11.4 Å². The van der Waals surface area contributed by atoms with Crippen molar-refractivity contribution in [2.24, 2.45) is 0 Å². The second-order valence-electron chi connectivity index (χ2n) is 6.49. The molecule has 2 aromatic carbocycles. The van der Waals surface area contributed by atoms with Gasteiger partial charge >= 0.3 is 0 Å². The normalized spacial score (nSPS) is 11.9. The highest BCUT2D eigenvalue weighted by Gasteiger charge is 2.21. The third kappa shape index (κ3) is 6.82. The molecular weight excluding hydrogens is 397 g/mol. The number of amides is 2. The summed E-state index contributed by atoms with van der Waals surface area (Å²) in [4.78, 5) is 26.9. The largest absolute Gasteiger partial charge is 0.325 e. The zero-order chi connectivity index (χ0) is 20.5. The third-order valence-electron chi connectivity index (χ3n) is 4.31. The van der Waals surface area contributed by atoms with Crippen LogP contribution in [-0.2, 0) is 9.59 Å². The standard InChI is InChI=1S/C21H25Cl2N3O2/c1-3-12-26(15(2)21(28)24-17-7-5-4-6-8-17)13-11-20(27)25-19-14-16(22)9-10-18(19)23/h4-10,14-15H,3,11-13H2,1-2H3,(H,24,28)(H,25,27). The number of hydrogen-bond donors (Lipinski definition) is 2. The highest BCUT2D eigenvalue weighted by atomic mass is 35.5. The molecule has 0 aliphatic heterocycles. The van der Waals surface area contributed by atoms with Crippen molar-refractivity contribution >= 4 is 46.4 Å². The Kier molecular flexibility index (Phi) is 8.77. The van der Waals surface area contributed by atoms with E-state index in [2.05, 4.69) is 10.6 Å². The van der Waals surface area contributed by atoms with Crippen LogP contribution in [0.1, 0.15) is 26.7 Å². The fourth-order valence-corrected chi connectivity index (χ4v) is 3.11. The summed E-state index contributed by atoms with van der Waals surface area (Å²) in [5.74, 6) is -0.279. The molecule has 0 fully saturated rings. The van der Waals surface area contributed by atoms with Crippen molar-refractivity contribution in [2.45, 2.75) is 32.7 Å². The van der Waals surface area contributed by atoms with Crippen molar-refractivity contribution in [3.05, 3.63) is 58.6 Å². The minimum atomic E-state index is -0.359. The van der Waals surface area contributed by atoms with Crippen molar-refractivity contribution in [3.63, 3.8) is 0 Å². The minimum absolute atomic E-state index is 0.0991. The van der Waals surface area contributed by atoms with Gasteiger partial charge in [-0.25, -0.2) is 0 Å². The Morgan fingerprint density at radius 2 is 1.75 bits per heavy atom. The summed E-state index contributed by atoms with van der Waals surface area (Å²) < 4.78 is 0. The zero-order valence-electron chi connectivity index (χ0n) is 16.0. The second kappa shape index (κ2) is 11.1. The molecule has 0 aliphatic carbocycles. The molecule has 0 spiro atoms. The summed E-state index contributed by atoms with van der Waals surface area (Å²) >= 11 is 12.0. The summed E-state index contributed by atoms with van der Waals surface area (Å²) in [6.07, 6.45) is 1.12. The van der Waals surface area contributed by atoms with E-state index in [0.717, 1.165) is 12.1 Å². The van der Waals surface area contributed by atoms with E-state index in [9.17, 15) is 9.59 Å². The first kappa shape index (κ1) is 22.2. The lowest BCUT2D eigenvalue weighted by atomic mass is 10.2. The Balaban J connectivity index is 1.92. The Morgan fingerprint density at radius 1 is 1.04 bits per heavy atom. The van der Waals surface area contributed by atoms with Gasteiger partial charge in [0.05, 0.1) is 16.8 Å². The Morgan fingerprint density at radius 3 is 2.43 bits per heavy atom. The molecule has 2 amide bonds. The van der Waals surface area contributed by atoms with Crippen LogP contribution in [-0.4, -0.2) is 35.8 Å². The predicted octanol–water partition coefficient (Wildman–Crippen LogP) is 5.06. The van der Waals surface area contributed by atoms with E-state index in [-0.39, 0.29) is 24.3 Å². The molecule has 0 bridgehead atoms. The van der Waals surface area contributed by atoms with Crippen molar-refractivity contribution in [1.29, 1.82) is 0 Å². The lowest BCUT2D eigenvalue weighted by molar-refractivity contribution is -0.122. The van der Waals surface area contributed by atoms with Gasteiger partial charge in [-0.05, 0) is 50.2 Å². The summed E-state index contributed by atoms with van der Waals surface area (Å²) in [6.45, 7) is 5.07. The molecule has 2 rings (SSSR count). The maximum Gasteiger partial charge on any atom is 0.241 e. The van der Waals surface area contributed by atoms with Crippen LogP contribution in [0.25, 0.3) is 0 Å². The molecule has 0 heterocycles. The molecule has 0 saturated carbocycles. The van der Waals surface area contributed by atoms with Crippen molar-refractivity contribution in [1.82, 2.24) is 4.90 Å². The summed E-state index contributed by atoms with van der Waals surface area (Å²) in [5.41, 5.74) is 1.24. The Hall–Kier alpha value is -2.08. The fraction of sp³-hybridized carbons (Fsp3) is 0.333. The predicted molar refractivity (Wildman–Crippen MR) is 116 cm³/mol. The van der Waals surface area contributed by atoms with Crippen LogP contribution >= 0.6 is 23.2 Å². The smallest absolute Gasteiger partial charge is 0.241 e. The number of carbonyl (C=O) groups is 2. The minimum Gasteiger partial charge on any atom is -0.325 e. The van der Waals surface area contributed by atoms with Gasteiger partial charge in [-0.2, -0.15) is 0 Å². The summed E-state index contributed by atoms with van der Waals surface area (Å²) in [6, 6.07) is 13.9. The molecule has 0 aliphatic rings. The molecule has 0 aromatic heterocycles. The van der Waals surface area contributed by atoms with Gasteiger partial charge in [0.15, 0.2) is 0 Å². The van der Waals surface area contributed by atoms with Crippen LogP contribution in [0, 0.1) is 0 Å². The number of benzene rings is 2. The van der Waals surface area contributed by atoms with E-state index in [1.807, 2.05) is 49.1 Å². The van der Waals surface area contributed by atoms with Gasteiger partial charge in [0.25, 0.3) is 0 Å². The van der Waals surface area contributed by atoms with Gasteiger partial charge in [-0.1, -0.05) is 48.3 Å². The highest BCUT2D eigenvalue weighted by Crippen LogP contribution is 2.25. The Labute approximate surface area is 176 Å². The second-order valence-corrected chi connectivity index (χ2v) is 7.33. The number of carbonyl (C=O) groups excluding carboxylic acids is 2. The quantitative estimate of drug-likeness (QED) is 0.594. The molecular formula is C21H25Cl2N3O2. The van der Waals surface area contributed by atoms with Gasteiger partial charge in [0.1, 0.15) is 0 Å². The van der Waals surface area contributed by atoms with Crippen molar-refractivity contribution in [2.75, 3.05) is 23.7 Å². The highest BCUT2D eigenvalue weighted by molar-refractivity contribution is 6.35. The maximum atomic E-state index is 12.6. The molecule has 2 N–H and O–H groups in total. The molecule has 28 heavy (non-hydrogen) atoms. The topological polar surface area (TPSA) is 61.4 Å². The van der Waals surface area contributed by atoms with Crippen LogP contribution in [0.2, 0.25) is 10.0 Å². The third-order valence-corrected chi connectivity index (χ3v) is 4.87. The van der Waals surface area contributed by atoms with Gasteiger partial charge in [0.2, 0.25) is 11.8 Å². The molecule has 1 unspecified atom stereocenters. The van der Waals surface area contributed by atoms with E-state index < -0.39 is 0 Å². The van der Waals surface area contributed by atoms with Crippen LogP contribution < -0.4 is 10.6 Å². The monoisotopic (exact) mass is 421 g/mol. The fourth-order valence-electron chi connectivity index (χ4n) is 2.77. The zero-order valence-corrected chi connectivity index (χ0v) is 17.6. The SMILES string of the molecule is CCCN(CCC(=O)Nc1cc(Cl)ccc1Cl)C(C)C(=O)Nc1ccccc1. The first-order chi connectivity index (χ1) is 13.4. The molecule has 7 heteroatoms. The van der Waals surface area contributed by atoms with E-state index in [1.165, 1.54) is 0 Å². The first-order valence-corrected chi connectivity index (χ1v) is 10.0. The first-order valence-electron chi connectivity index (χ1n) is 9.25. The van der Waals surface area contributed by atoms with Crippen LogP contribution in [0.15, 0.2) is 48.5 Å². The van der Waals surface area contributed by atoms with E-state index in [0.29, 0.717) is 28.8 Å². The van der Waals surface area contributed by atoms with E-state index in [1.54, 1.807) is 18.2 Å². The maximum absolute atomic E-state index is 12.6. The van der Waals surface area contributed by atoms with Crippen molar-refractivity contribution in [3.8, 4) is 0 Å². The number of anilines is 2. The van der Waals surface area contributed by atoms with Crippen LogP contribution in [0.3, 0.4) is 0 Å². The Bertz CT molecular complexity index is 799. The lowest BCUT2D eigenvalue weighted by Crippen LogP contribution is -2.43.